The lowest BCUT2D eigenvalue weighted by Crippen LogP contribution is -2.50. The Bertz CT molecular complexity index is 611. The molecule has 0 spiro atoms. The maximum Gasteiger partial charge on any atom is 0.242 e. The first-order valence-electron chi connectivity index (χ1n) is 7.68. The number of hydrogen-bond donors (Lipinski definition) is 0. The molecule has 23 heavy (non-hydrogen) atoms. The zero-order valence-electron chi connectivity index (χ0n) is 13.4. The van der Waals surface area contributed by atoms with Gasteiger partial charge in [-0.25, -0.2) is 0 Å². The first-order chi connectivity index (χ1) is 11.0. The summed E-state index contributed by atoms with van der Waals surface area (Å²) in [7, 11) is 2.04. The minimum absolute atomic E-state index is 0.0361. The summed E-state index contributed by atoms with van der Waals surface area (Å²) in [6, 6.07) is 5.26. The number of anilines is 1. The van der Waals surface area contributed by atoms with Crippen LogP contribution in [0.1, 0.15) is 6.92 Å². The molecular weight excluding hydrogens is 298 g/mol. The van der Waals surface area contributed by atoms with Gasteiger partial charge in [-0.05, 0) is 19.2 Å². The van der Waals surface area contributed by atoms with Crippen molar-refractivity contribution in [3.8, 4) is 11.5 Å². The smallest absolute Gasteiger partial charge is 0.242 e. The van der Waals surface area contributed by atoms with Crippen molar-refractivity contribution in [3.05, 3.63) is 18.2 Å². The maximum atomic E-state index is 12.5. The van der Waals surface area contributed by atoms with Crippen molar-refractivity contribution in [1.29, 1.82) is 0 Å². The van der Waals surface area contributed by atoms with Crippen LogP contribution in [0.25, 0.3) is 0 Å². The number of likely N-dealkylation sites (N-methyl/N-ethyl adjacent to an activating group) is 1. The molecule has 0 aromatic heterocycles. The Balaban J connectivity index is 1.72. The topological polar surface area (TPSA) is 62.3 Å². The van der Waals surface area contributed by atoms with E-state index < -0.39 is 0 Å². The summed E-state index contributed by atoms with van der Waals surface area (Å²) >= 11 is 0. The largest absolute Gasteiger partial charge is 0.454 e. The lowest BCUT2D eigenvalue weighted by Gasteiger charge is -2.33. The number of ether oxygens (including phenoxy) is 2. The van der Waals surface area contributed by atoms with Gasteiger partial charge in [0.2, 0.25) is 18.6 Å². The third-order valence-electron chi connectivity index (χ3n) is 4.20. The van der Waals surface area contributed by atoms with E-state index in [2.05, 4.69) is 4.90 Å². The molecule has 0 bridgehead atoms. The van der Waals surface area contributed by atoms with Gasteiger partial charge in [0.05, 0.1) is 0 Å². The molecule has 2 aliphatic heterocycles. The Morgan fingerprint density at radius 2 is 1.83 bits per heavy atom. The molecule has 0 atom stereocenters. The highest BCUT2D eigenvalue weighted by Crippen LogP contribution is 2.35. The van der Waals surface area contributed by atoms with Crippen LogP contribution in [0.15, 0.2) is 18.2 Å². The molecule has 1 fully saturated rings. The number of carbonyl (C=O) groups is 2. The van der Waals surface area contributed by atoms with Crippen LogP contribution in [0.3, 0.4) is 0 Å². The molecule has 3 rings (SSSR count). The van der Waals surface area contributed by atoms with Gasteiger partial charge < -0.3 is 24.2 Å². The minimum Gasteiger partial charge on any atom is -0.454 e. The highest BCUT2D eigenvalue weighted by Gasteiger charge is 2.24. The first-order valence-corrected chi connectivity index (χ1v) is 7.68. The van der Waals surface area contributed by atoms with Crippen molar-refractivity contribution < 1.29 is 19.1 Å². The quantitative estimate of drug-likeness (QED) is 0.814. The summed E-state index contributed by atoms with van der Waals surface area (Å²) in [5, 5.41) is 0. The van der Waals surface area contributed by atoms with E-state index in [9.17, 15) is 9.59 Å². The van der Waals surface area contributed by atoms with Crippen LogP contribution in [0, 0.1) is 0 Å². The second-order valence-electron chi connectivity index (χ2n) is 5.83. The molecule has 0 N–H and O–H groups in total. The zero-order valence-corrected chi connectivity index (χ0v) is 13.4. The molecule has 7 nitrogen and oxygen atoms in total. The number of nitrogens with zero attached hydrogens (tertiary/aromatic N) is 3. The SMILES string of the molecule is CC(=O)N(CC(=O)N1CCN(C)CC1)c1ccc2c(c1)OCO2. The number of fused-ring (bicyclic) bond motifs is 1. The van der Waals surface area contributed by atoms with Crippen LogP contribution < -0.4 is 14.4 Å². The van der Waals surface area contributed by atoms with Gasteiger partial charge >= 0.3 is 0 Å². The molecular formula is C16H21N3O4. The van der Waals surface area contributed by atoms with Gasteiger partial charge in [0.1, 0.15) is 6.54 Å². The predicted octanol–water partition coefficient (Wildman–Crippen LogP) is 0.542. The fourth-order valence-electron chi connectivity index (χ4n) is 2.73. The summed E-state index contributed by atoms with van der Waals surface area (Å²) in [5.74, 6) is 1.04. The van der Waals surface area contributed by atoms with Gasteiger partial charge in [-0.2, -0.15) is 0 Å². The highest BCUT2D eigenvalue weighted by molar-refractivity contribution is 5.97. The van der Waals surface area contributed by atoms with E-state index in [1.807, 2.05) is 11.9 Å². The number of piperazine rings is 1. The number of carbonyl (C=O) groups excluding carboxylic acids is 2. The second kappa shape index (κ2) is 6.45. The third kappa shape index (κ3) is 3.39. The lowest BCUT2D eigenvalue weighted by atomic mass is 10.2. The van der Waals surface area contributed by atoms with E-state index in [4.69, 9.17) is 9.47 Å². The van der Waals surface area contributed by atoms with Crippen LogP contribution in [0.2, 0.25) is 0 Å². The average Bonchev–Trinajstić information content (AvgIpc) is 3.00. The van der Waals surface area contributed by atoms with E-state index in [0.29, 0.717) is 30.3 Å². The van der Waals surface area contributed by atoms with Crippen LogP contribution in [-0.4, -0.2) is 68.2 Å². The van der Waals surface area contributed by atoms with Gasteiger partial charge in [0.25, 0.3) is 0 Å². The van der Waals surface area contributed by atoms with E-state index >= 15 is 0 Å². The maximum absolute atomic E-state index is 12.5. The molecule has 2 aliphatic rings. The Kier molecular flexibility index (Phi) is 4.38. The van der Waals surface area contributed by atoms with Crippen molar-refractivity contribution in [2.75, 3.05) is 51.5 Å². The standard InChI is InChI=1S/C16H21N3O4/c1-12(20)19(10-16(21)18-7-5-17(2)6-8-18)13-3-4-14-15(9-13)23-11-22-14/h3-4,9H,5-8,10-11H2,1-2H3. The molecule has 0 aliphatic carbocycles. The summed E-state index contributed by atoms with van der Waals surface area (Å²) < 4.78 is 10.6. The van der Waals surface area contributed by atoms with E-state index in [1.54, 1.807) is 18.2 Å². The molecule has 0 unspecified atom stereocenters. The minimum atomic E-state index is -0.175. The second-order valence-corrected chi connectivity index (χ2v) is 5.83. The van der Waals surface area contributed by atoms with E-state index in [0.717, 1.165) is 13.1 Å². The number of amides is 2. The fourth-order valence-corrected chi connectivity index (χ4v) is 2.73. The summed E-state index contributed by atoms with van der Waals surface area (Å²) in [4.78, 5) is 29.9. The summed E-state index contributed by atoms with van der Waals surface area (Å²) in [6.45, 7) is 4.79. The molecule has 0 saturated carbocycles. The Morgan fingerprint density at radius 1 is 1.13 bits per heavy atom. The number of benzene rings is 1. The van der Waals surface area contributed by atoms with Gasteiger partial charge in [-0.1, -0.05) is 0 Å². The third-order valence-corrected chi connectivity index (χ3v) is 4.20. The zero-order chi connectivity index (χ0) is 16.4. The van der Waals surface area contributed by atoms with Gasteiger partial charge in [-0.3, -0.25) is 9.59 Å². The molecule has 1 aromatic rings. The molecule has 1 saturated heterocycles. The monoisotopic (exact) mass is 319 g/mol. The molecule has 124 valence electrons. The van der Waals surface area contributed by atoms with Crippen LogP contribution >= 0.6 is 0 Å². The predicted molar refractivity (Wildman–Crippen MR) is 84.7 cm³/mol. The fraction of sp³-hybridized carbons (Fsp3) is 0.500. The van der Waals surface area contributed by atoms with Gasteiger partial charge in [0, 0.05) is 44.9 Å². The van der Waals surface area contributed by atoms with Crippen molar-refractivity contribution in [2.45, 2.75) is 6.92 Å². The van der Waals surface area contributed by atoms with Crippen molar-refractivity contribution in [1.82, 2.24) is 9.80 Å². The normalized spacial score (nSPS) is 17.2. The van der Waals surface area contributed by atoms with Gasteiger partial charge in [-0.15, -0.1) is 0 Å². The number of hydrogen-bond acceptors (Lipinski definition) is 5. The molecule has 7 heteroatoms. The van der Waals surface area contributed by atoms with Crippen molar-refractivity contribution >= 4 is 17.5 Å². The van der Waals surface area contributed by atoms with Crippen LogP contribution in [0.4, 0.5) is 5.69 Å². The summed E-state index contributed by atoms with van der Waals surface area (Å²) in [5.41, 5.74) is 0.643. The summed E-state index contributed by atoms with van der Waals surface area (Å²) in [6.07, 6.45) is 0. The highest BCUT2D eigenvalue weighted by atomic mass is 16.7. The Hall–Kier alpha value is -2.28. The molecule has 2 heterocycles. The Morgan fingerprint density at radius 3 is 2.52 bits per heavy atom. The first kappa shape index (κ1) is 15.6. The van der Waals surface area contributed by atoms with E-state index in [1.165, 1.54) is 11.8 Å². The van der Waals surface area contributed by atoms with Crippen molar-refractivity contribution in [2.24, 2.45) is 0 Å². The Labute approximate surface area is 135 Å². The van der Waals surface area contributed by atoms with Crippen LogP contribution in [0.5, 0.6) is 11.5 Å². The van der Waals surface area contributed by atoms with Crippen LogP contribution in [-0.2, 0) is 9.59 Å². The average molecular weight is 319 g/mol. The van der Waals surface area contributed by atoms with Gasteiger partial charge in [0.15, 0.2) is 11.5 Å². The lowest BCUT2D eigenvalue weighted by molar-refractivity contribution is -0.132. The molecule has 1 aromatic carbocycles. The van der Waals surface area contributed by atoms with Crippen molar-refractivity contribution in [3.63, 3.8) is 0 Å². The number of rotatable bonds is 3. The molecule has 0 radical (unpaired) electrons. The van der Waals surface area contributed by atoms with E-state index in [-0.39, 0.29) is 25.2 Å². The molecule has 2 amide bonds.